The van der Waals surface area contributed by atoms with Crippen molar-refractivity contribution in [3.8, 4) is 5.75 Å². The maximum Gasteiger partial charge on any atom is 0.336 e. The number of halogens is 1. The highest BCUT2D eigenvalue weighted by atomic mass is 31.1. The molecule has 0 bridgehead atoms. The number of oxime groups is 1. The lowest BCUT2D eigenvalue weighted by Gasteiger charge is -2.37. The summed E-state index contributed by atoms with van der Waals surface area (Å²) in [6.07, 6.45) is -3.78. The molecule has 0 radical (unpaired) electrons. The second-order valence-corrected chi connectivity index (χ2v) is 19.4. The van der Waals surface area contributed by atoms with Gasteiger partial charge < -0.3 is 28.0 Å². The fraction of sp³-hybridized carbons (Fsp3) is 0.629. The number of aromatic nitrogens is 2. The van der Waals surface area contributed by atoms with Gasteiger partial charge in [-0.05, 0) is 71.8 Å². The number of rotatable bonds is 21. The molecule has 0 N–H and O–H groups in total. The fourth-order valence-corrected chi connectivity index (χ4v) is 9.63. The summed E-state index contributed by atoms with van der Waals surface area (Å²) < 4.78 is 61.6. The van der Waals surface area contributed by atoms with E-state index in [4.69, 9.17) is 32.8 Å². The van der Waals surface area contributed by atoms with Crippen molar-refractivity contribution in [1.29, 1.82) is 0 Å². The number of para-hydroxylation sites is 1. The third-order valence-electron chi connectivity index (χ3n) is 8.89. The molecule has 1 saturated heterocycles. The molecule has 1 unspecified atom stereocenters. The Balaban J connectivity index is 1.97. The number of carbonyl (C=O) groups is 2. The van der Waals surface area contributed by atoms with Crippen molar-refractivity contribution in [1.82, 2.24) is 14.0 Å². The van der Waals surface area contributed by atoms with Crippen LogP contribution in [0.25, 0.3) is 0 Å². The number of benzene rings is 1. The Morgan fingerprint density at radius 2 is 1.72 bits per heavy atom. The van der Waals surface area contributed by atoms with Gasteiger partial charge in [-0.2, -0.15) is 0 Å². The molecule has 1 aliphatic heterocycles. The zero-order valence-electron chi connectivity index (χ0n) is 32.4. The SMILES string of the molecule is CC[Si](CC)(CC)O[C@@H]1[C@@H](CON([C@@H](C)C(=O)OC(C)C)[PH](=O)Oc2ccccc2)O[C@@H](n2ccc(=O)n(COC(=O)CCON=C(C)C)c2=O)[C@]1(C)F. The average molecular weight is 801 g/mol. The Morgan fingerprint density at radius 1 is 1.07 bits per heavy atom. The highest BCUT2D eigenvalue weighted by molar-refractivity contribution is 7.36. The van der Waals surface area contributed by atoms with Crippen LogP contribution in [0, 0.1) is 0 Å². The molecule has 3 rings (SSSR count). The minimum atomic E-state index is -3.32. The largest absolute Gasteiger partial charge is 0.462 e. The number of hydrogen-bond acceptors (Lipinski definition) is 13. The Labute approximate surface area is 316 Å². The van der Waals surface area contributed by atoms with E-state index in [1.54, 1.807) is 58.0 Å². The monoisotopic (exact) mass is 800 g/mol. The standard InChI is InChI=1S/C35H54FN4O12PSi/c1-10-54(11-2,12-3)52-31-28(22-48-40(26(8)32(43)49-25(6)7)53(45)51-27-16-14-13-15-17-27)50-33(35(31,9)36)38-20-18-29(41)39(34(38)44)23-46-30(42)19-21-47-37-24(4)5/h13-18,20,25-26,28,31,33,53H,10-12,19,21-23H2,1-9H3/t26-,28+,31+,33+,35+/m0/s1. The Bertz CT molecular complexity index is 1710. The quantitative estimate of drug-likeness (QED) is 0.0394. The minimum absolute atomic E-state index is 0.0839. The van der Waals surface area contributed by atoms with E-state index in [2.05, 4.69) is 5.16 Å². The number of alkyl halides is 1. The molecular weight excluding hydrogens is 746 g/mol. The van der Waals surface area contributed by atoms with Crippen molar-refractivity contribution < 1.29 is 51.4 Å². The molecular formula is C35H54FN4O12PSi. The Hall–Kier alpha value is -3.67. The summed E-state index contributed by atoms with van der Waals surface area (Å²) in [4.78, 5) is 63.7. The summed E-state index contributed by atoms with van der Waals surface area (Å²) in [5.74, 6) is -1.24. The first-order chi connectivity index (χ1) is 25.5. The van der Waals surface area contributed by atoms with E-state index >= 15 is 4.39 Å². The first-order valence-electron chi connectivity index (χ1n) is 18.0. The van der Waals surface area contributed by atoms with E-state index < -0.39 is 89.3 Å². The highest BCUT2D eigenvalue weighted by Gasteiger charge is 2.59. The van der Waals surface area contributed by atoms with Gasteiger partial charge in [-0.1, -0.05) is 49.0 Å². The maximum atomic E-state index is 17.4. The van der Waals surface area contributed by atoms with Gasteiger partial charge in [0.1, 0.15) is 30.6 Å². The molecule has 16 nitrogen and oxygen atoms in total. The molecule has 19 heteroatoms. The van der Waals surface area contributed by atoms with Gasteiger partial charge in [-0.15, -0.1) is 0 Å². The lowest BCUT2D eigenvalue weighted by molar-refractivity contribution is -0.183. The van der Waals surface area contributed by atoms with Crippen LogP contribution in [0.3, 0.4) is 0 Å². The Morgan fingerprint density at radius 3 is 2.31 bits per heavy atom. The zero-order chi connectivity index (χ0) is 40.2. The third-order valence-corrected chi connectivity index (χ3v) is 14.8. The fourth-order valence-electron chi connectivity index (χ4n) is 5.68. The molecule has 302 valence electrons. The molecule has 0 spiro atoms. The van der Waals surface area contributed by atoms with E-state index in [1.165, 1.54) is 13.8 Å². The molecule has 1 aromatic heterocycles. The molecule has 2 heterocycles. The van der Waals surface area contributed by atoms with Gasteiger partial charge in [0.2, 0.25) is 0 Å². The van der Waals surface area contributed by atoms with Crippen LogP contribution in [0.2, 0.25) is 18.1 Å². The Kier molecular flexibility index (Phi) is 16.8. The lowest BCUT2D eigenvalue weighted by Crippen LogP contribution is -2.52. The molecule has 0 saturated carbocycles. The van der Waals surface area contributed by atoms with Gasteiger partial charge in [0.05, 0.1) is 24.8 Å². The van der Waals surface area contributed by atoms with Crippen molar-refractivity contribution in [3.05, 3.63) is 63.4 Å². The van der Waals surface area contributed by atoms with E-state index in [1.807, 2.05) is 20.8 Å². The number of nitrogens with zero attached hydrogens (tertiary/aromatic N) is 4. The number of hydroxylamine groups is 1. The average Bonchev–Trinajstić information content (AvgIpc) is 3.36. The van der Waals surface area contributed by atoms with Crippen molar-refractivity contribution in [3.63, 3.8) is 0 Å². The summed E-state index contributed by atoms with van der Waals surface area (Å²) in [6, 6.07) is 10.0. The first kappa shape index (κ1) is 44.7. The van der Waals surface area contributed by atoms with Crippen molar-refractivity contribution in [2.45, 2.75) is 130 Å². The number of ether oxygens (including phenoxy) is 3. The molecule has 6 atom stereocenters. The zero-order valence-corrected chi connectivity index (χ0v) is 34.4. The van der Waals surface area contributed by atoms with E-state index in [-0.39, 0.29) is 18.8 Å². The molecule has 0 amide bonds. The number of carbonyl (C=O) groups excluding carboxylic acids is 2. The molecule has 54 heavy (non-hydrogen) atoms. The molecule has 1 aromatic carbocycles. The van der Waals surface area contributed by atoms with Gasteiger partial charge >= 0.3 is 25.8 Å². The second kappa shape index (κ2) is 20.3. The summed E-state index contributed by atoms with van der Waals surface area (Å²) >= 11 is 0. The van der Waals surface area contributed by atoms with Gasteiger partial charge in [-0.3, -0.25) is 28.4 Å². The van der Waals surface area contributed by atoms with Crippen LogP contribution < -0.4 is 15.8 Å². The molecule has 1 aliphatic rings. The smallest absolute Gasteiger partial charge is 0.336 e. The van der Waals surface area contributed by atoms with Gasteiger partial charge in [-0.25, -0.2) is 13.8 Å². The van der Waals surface area contributed by atoms with Crippen LogP contribution in [-0.4, -0.2) is 83.2 Å². The summed E-state index contributed by atoms with van der Waals surface area (Å²) in [7, 11) is -5.89. The lowest BCUT2D eigenvalue weighted by atomic mass is 9.98. The molecule has 2 aromatic rings. The minimum Gasteiger partial charge on any atom is -0.462 e. The van der Waals surface area contributed by atoms with Gasteiger partial charge in [0, 0.05) is 12.3 Å². The molecule has 1 fully saturated rings. The predicted octanol–water partition coefficient (Wildman–Crippen LogP) is 5.37. The van der Waals surface area contributed by atoms with Crippen LogP contribution in [0.1, 0.15) is 75.0 Å². The van der Waals surface area contributed by atoms with E-state index in [0.717, 1.165) is 21.7 Å². The van der Waals surface area contributed by atoms with Crippen LogP contribution in [-0.2, 0) is 49.2 Å². The number of esters is 2. The number of hydrogen-bond donors (Lipinski definition) is 0. The summed E-state index contributed by atoms with van der Waals surface area (Å²) in [6.45, 7) is 14.0. The van der Waals surface area contributed by atoms with Crippen LogP contribution in [0.15, 0.2) is 57.3 Å². The van der Waals surface area contributed by atoms with Crippen LogP contribution >= 0.6 is 8.18 Å². The van der Waals surface area contributed by atoms with Crippen LogP contribution in [0.4, 0.5) is 4.39 Å². The van der Waals surface area contributed by atoms with Gasteiger partial charge in [0.15, 0.2) is 26.9 Å². The third kappa shape index (κ3) is 11.7. The van der Waals surface area contributed by atoms with Crippen LogP contribution in [0.5, 0.6) is 5.75 Å². The van der Waals surface area contributed by atoms with Gasteiger partial charge in [0.25, 0.3) is 5.56 Å². The normalized spacial score (nSPS) is 21.1. The highest BCUT2D eigenvalue weighted by Crippen LogP contribution is 2.45. The molecule has 0 aliphatic carbocycles. The predicted molar refractivity (Wildman–Crippen MR) is 200 cm³/mol. The van der Waals surface area contributed by atoms with Crippen molar-refractivity contribution in [2.75, 3.05) is 13.2 Å². The second-order valence-electron chi connectivity index (χ2n) is 13.5. The van der Waals surface area contributed by atoms with Crippen molar-refractivity contribution in [2.24, 2.45) is 5.16 Å². The first-order valence-corrected chi connectivity index (χ1v) is 21.8. The summed E-state index contributed by atoms with van der Waals surface area (Å²) in [5, 5.41) is 3.73. The van der Waals surface area contributed by atoms with E-state index in [9.17, 15) is 23.7 Å². The van der Waals surface area contributed by atoms with Crippen molar-refractivity contribution >= 4 is 34.1 Å². The maximum absolute atomic E-state index is 17.4. The summed E-state index contributed by atoms with van der Waals surface area (Å²) in [5.41, 5.74) is -3.56. The van der Waals surface area contributed by atoms with E-state index in [0.29, 0.717) is 28.4 Å². The topological polar surface area (TPSA) is 175 Å².